The number of rotatable bonds is 0. The third-order valence-corrected chi connectivity index (χ3v) is 4.12. The van der Waals surface area contributed by atoms with Crippen molar-refractivity contribution in [2.45, 2.75) is 45.6 Å². The summed E-state index contributed by atoms with van der Waals surface area (Å²) in [5, 5.41) is 9.78. The second kappa shape index (κ2) is 4.06. The Morgan fingerprint density at radius 3 is 2.64 bits per heavy atom. The first-order chi connectivity index (χ1) is 6.66. The second-order valence-corrected chi connectivity index (χ2v) is 5.43. The predicted molar refractivity (Wildman–Crippen MR) is 58.9 cm³/mol. The fraction of sp³-hybridized carbons (Fsp3) is 0.846. The van der Waals surface area contributed by atoms with Gasteiger partial charge in [0.25, 0.3) is 0 Å². The molecule has 1 heteroatoms. The van der Waals surface area contributed by atoms with E-state index in [1.165, 1.54) is 25.7 Å². The Bertz CT molecular complexity index is 221. The lowest BCUT2D eigenvalue weighted by Crippen LogP contribution is -2.24. The molecular formula is C13H22O. The van der Waals surface area contributed by atoms with Crippen molar-refractivity contribution in [2.24, 2.45) is 23.7 Å². The van der Waals surface area contributed by atoms with Crippen LogP contribution in [-0.2, 0) is 0 Å². The van der Waals surface area contributed by atoms with Crippen LogP contribution in [-0.4, -0.2) is 11.2 Å². The maximum absolute atomic E-state index is 9.78. The van der Waals surface area contributed by atoms with E-state index >= 15 is 0 Å². The van der Waals surface area contributed by atoms with Gasteiger partial charge in [0.2, 0.25) is 0 Å². The molecule has 0 amide bonds. The molecule has 0 spiro atoms. The quantitative estimate of drug-likeness (QED) is 0.588. The van der Waals surface area contributed by atoms with Gasteiger partial charge in [-0.1, -0.05) is 32.4 Å². The summed E-state index contributed by atoms with van der Waals surface area (Å²) < 4.78 is 0. The number of hydrogen-bond acceptors (Lipinski definition) is 1. The van der Waals surface area contributed by atoms with Gasteiger partial charge in [0.05, 0.1) is 6.10 Å². The molecule has 0 aliphatic heterocycles. The molecule has 2 aliphatic rings. The summed E-state index contributed by atoms with van der Waals surface area (Å²) in [6.07, 6.45) is 9.40. The summed E-state index contributed by atoms with van der Waals surface area (Å²) in [4.78, 5) is 0. The first kappa shape index (κ1) is 10.2. The summed E-state index contributed by atoms with van der Waals surface area (Å²) in [5.74, 6) is 2.94. The maximum Gasteiger partial charge on any atom is 0.0746 e. The van der Waals surface area contributed by atoms with Crippen molar-refractivity contribution in [1.29, 1.82) is 0 Å². The average molecular weight is 194 g/mol. The highest BCUT2D eigenvalue weighted by Crippen LogP contribution is 2.40. The van der Waals surface area contributed by atoms with Crippen molar-refractivity contribution in [3.8, 4) is 0 Å². The van der Waals surface area contributed by atoms with Gasteiger partial charge in [-0.05, 0) is 42.9 Å². The topological polar surface area (TPSA) is 20.2 Å². The number of fused-ring (bicyclic) bond motifs is 1. The van der Waals surface area contributed by atoms with Gasteiger partial charge >= 0.3 is 0 Å². The molecule has 80 valence electrons. The van der Waals surface area contributed by atoms with Crippen LogP contribution in [0.1, 0.15) is 39.5 Å². The number of aliphatic hydroxyl groups excluding tert-OH is 1. The Kier molecular flexibility index (Phi) is 2.96. The largest absolute Gasteiger partial charge is 0.389 e. The van der Waals surface area contributed by atoms with Crippen LogP contribution in [0.4, 0.5) is 0 Å². The van der Waals surface area contributed by atoms with Crippen LogP contribution in [0.3, 0.4) is 0 Å². The zero-order chi connectivity index (χ0) is 10.1. The Hall–Kier alpha value is -0.300. The second-order valence-electron chi connectivity index (χ2n) is 5.43. The molecule has 5 atom stereocenters. The Balaban J connectivity index is 2.08. The summed E-state index contributed by atoms with van der Waals surface area (Å²) in [7, 11) is 0. The highest BCUT2D eigenvalue weighted by Gasteiger charge is 2.31. The van der Waals surface area contributed by atoms with Crippen LogP contribution in [0.2, 0.25) is 0 Å². The maximum atomic E-state index is 9.78. The molecule has 14 heavy (non-hydrogen) atoms. The summed E-state index contributed by atoms with van der Waals surface area (Å²) >= 11 is 0. The van der Waals surface area contributed by atoms with Crippen LogP contribution in [0.15, 0.2) is 12.2 Å². The van der Waals surface area contributed by atoms with E-state index in [2.05, 4.69) is 19.9 Å². The molecule has 0 aromatic rings. The molecule has 1 fully saturated rings. The molecule has 1 nitrogen and oxygen atoms in total. The lowest BCUT2D eigenvalue weighted by Gasteiger charge is -2.33. The fourth-order valence-electron chi connectivity index (χ4n) is 3.11. The van der Waals surface area contributed by atoms with Gasteiger partial charge in [-0.3, -0.25) is 0 Å². The van der Waals surface area contributed by atoms with Gasteiger partial charge in [0, 0.05) is 0 Å². The van der Waals surface area contributed by atoms with Crippen molar-refractivity contribution < 1.29 is 5.11 Å². The monoisotopic (exact) mass is 194 g/mol. The first-order valence-electron chi connectivity index (χ1n) is 6.03. The standard InChI is InChI=1S/C13H22O/c1-9-3-4-11-5-6-13(14)10(2)8-12(11)7-9/h5-6,9-14H,3-4,7-8H2,1-2H3/t9-,10-,11?,12?,13+/m1/s1. The van der Waals surface area contributed by atoms with Crippen molar-refractivity contribution in [2.75, 3.05) is 0 Å². The van der Waals surface area contributed by atoms with Gasteiger partial charge in [-0.2, -0.15) is 0 Å². The third-order valence-electron chi connectivity index (χ3n) is 4.12. The minimum absolute atomic E-state index is 0.198. The van der Waals surface area contributed by atoms with Crippen molar-refractivity contribution in [3.05, 3.63) is 12.2 Å². The van der Waals surface area contributed by atoms with Crippen molar-refractivity contribution in [3.63, 3.8) is 0 Å². The molecule has 0 bridgehead atoms. The van der Waals surface area contributed by atoms with Crippen LogP contribution in [0.25, 0.3) is 0 Å². The first-order valence-corrected chi connectivity index (χ1v) is 6.03. The molecule has 0 aromatic carbocycles. The van der Waals surface area contributed by atoms with Gasteiger partial charge in [-0.15, -0.1) is 0 Å². The number of allylic oxidation sites excluding steroid dienone is 1. The van der Waals surface area contributed by atoms with E-state index in [-0.39, 0.29) is 6.10 Å². The molecular weight excluding hydrogens is 172 g/mol. The molecule has 1 saturated carbocycles. The molecule has 2 rings (SSSR count). The van der Waals surface area contributed by atoms with Gasteiger partial charge in [0.1, 0.15) is 0 Å². The van der Waals surface area contributed by atoms with Gasteiger partial charge < -0.3 is 5.11 Å². The van der Waals surface area contributed by atoms with Crippen LogP contribution in [0.5, 0.6) is 0 Å². The van der Waals surface area contributed by atoms with Gasteiger partial charge in [-0.25, -0.2) is 0 Å². The molecule has 0 saturated heterocycles. The van der Waals surface area contributed by atoms with Crippen LogP contribution >= 0.6 is 0 Å². The number of aliphatic hydroxyl groups is 1. The molecule has 0 aromatic heterocycles. The highest BCUT2D eigenvalue weighted by atomic mass is 16.3. The van der Waals surface area contributed by atoms with E-state index in [0.717, 1.165) is 17.8 Å². The molecule has 0 heterocycles. The van der Waals surface area contributed by atoms with E-state index in [1.54, 1.807) is 0 Å². The van der Waals surface area contributed by atoms with E-state index < -0.39 is 0 Å². The zero-order valence-corrected chi connectivity index (χ0v) is 9.32. The molecule has 2 unspecified atom stereocenters. The normalized spacial score (nSPS) is 48.4. The molecule has 1 N–H and O–H groups in total. The predicted octanol–water partition coefficient (Wildman–Crippen LogP) is 3.00. The average Bonchev–Trinajstić information content (AvgIpc) is 2.27. The Morgan fingerprint density at radius 1 is 1.07 bits per heavy atom. The smallest absolute Gasteiger partial charge is 0.0746 e. The summed E-state index contributed by atoms with van der Waals surface area (Å²) in [6, 6.07) is 0. The van der Waals surface area contributed by atoms with E-state index in [0.29, 0.717) is 5.92 Å². The lowest BCUT2D eigenvalue weighted by molar-refractivity contribution is 0.128. The number of hydrogen-bond donors (Lipinski definition) is 1. The SMILES string of the molecule is C[C@@H]1CCC2C=C[C@H](O)[C@H](C)CC2C1. The van der Waals surface area contributed by atoms with Crippen molar-refractivity contribution >= 4 is 0 Å². The highest BCUT2D eigenvalue weighted by molar-refractivity contribution is 5.02. The van der Waals surface area contributed by atoms with E-state index in [4.69, 9.17) is 0 Å². The van der Waals surface area contributed by atoms with E-state index in [1.807, 2.05) is 6.08 Å². The zero-order valence-electron chi connectivity index (χ0n) is 9.32. The Labute approximate surface area is 87.2 Å². The van der Waals surface area contributed by atoms with Crippen molar-refractivity contribution in [1.82, 2.24) is 0 Å². The van der Waals surface area contributed by atoms with E-state index in [9.17, 15) is 5.11 Å². The minimum Gasteiger partial charge on any atom is -0.389 e. The fourth-order valence-corrected chi connectivity index (χ4v) is 3.11. The third kappa shape index (κ3) is 2.03. The summed E-state index contributed by atoms with van der Waals surface area (Å²) in [5.41, 5.74) is 0. The van der Waals surface area contributed by atoms with Gasteiger partial charge in [0.15, 0.2) is 0 Å². The Morgan fingerprint density at radius 2 is 1.86 bits per heavy atom. The van der Waals surface area contributed by atoms with Crippen LogP contribution < -0.4 is 0 Å². The van der Waals surface area contributed by atoms with Crippen LogP contribution in [0, 0.1) is 23.7 Å². The molecule has 0 radical (unpaired) electrons. The summed E-state index contributed by atoms with van der Waals surface area (Å²) in [6.45, 7) is 4.54. The molecule has 2 aliphatic carbocycles. The lowest BCUT2D eigenvalue weighted by atomic mass is 9.72. The minimum atomic E-state index is -0.198.